The maximum atomic E-state index is 12.6. The van der Waals surface area contributed by atoms with E-state index in [1.165, 1.54) is 11.8 Å². The standard InChI is InChI=1S/C22H26N2O6/c1-14-5-6-17(8-15(14)2)28-13-21(25)24-9-19-20(10-24)30-12-16(11-29-19)23-22(26)18-4-3-7-27-18/h3-8,16,19-20H,9-13H2,1-2H3,(H,23,26)/t19-,20-/m0/s1. The number of aryl methyl sites for hydroxylation is 2. The van der Waals surface area contributed by atoms with Gasteiger partial charge in [-0.3, -0.25) is 9.59 Å². The van der Waals surface area contributed by atoms with E-state index in [-0.39, 0.29) is 42.4 Å². The molecule has 3 heterocycles. The Kier molecular flexibility index (Phi) is 6.06. The second-order valence-electron chi connectivity index (χ2n) is 7.72. The number of benzene rings is 1. The van der Waals surface area contributed by atoms with Crippen LogP contribution in [0.1, 0.15) is 21.7 Å². The van der Waals surface area contributed by atoms with Gasteiger partial charge in [-0.15, -0.1) is 0 Å². The Balaban J connectivity index is 1.25. The number of nitrogens with one attached hydrogen (secondary N) is 1. The molecule has 0 bridgehead atoms. The van der Waals surface area contributed by atoms with E-state index >= 15 is 0 Å². The van der Waals surface area contributed by atoms with E-state index in [1.807, 2.05) is 32.0 Å². The highest BCUT2D eigenvalue weighted by Crippen LogP contribution is 2.21. The summed E-state index contributed by atoms with van der Waals surface area (Å²) < 4.78 is 22.6. The lowest BCUT2D eigenvalue weighted by atomic mass is 10.1. The van der Waals surface area contributed by atoms with E-state index in [0.29, 0.717) is 32.1 Å². The van der Waals surface area contributed by atoms with Gasteiger partial charge in [0.05, 0.1) is 25.5 Å². The number of nitrogens with zero attached hydrogens (tertiary/aromatic N) is 1. The maximum Gasteiger partial charge on any atom is 0.287 e. The van der Waals surface area contributed by atoms with Crippen LogP contribution < -0.4 is 10.1 Å². The lowest BCUT2D eigenvalue weighted by molar-refractivity contribution is -0.133. The quantitative estimate of drug-likeness (QED) is 0.801. The fourth-order valence-electron chi connectivity index (χ4n) is 3.58. The highest BCUT2D eigenvalue weighted by atomic mass is 16.6. The number of furan rings is 1. The summed E-state index contributed by atoms with van der Waals surface area (Å²) in [6.45, 7) is 5.54. The van der Waals surface area contributed by atoms with E-state index < -0.39 is 0 Å². The summed E-state index contributed by atoms with van der Waals surface area (Å²) >= 11 is 0. The van der Waals surface area contributed by atoms with E-state index in [4.69, 9.17) is 18.6 Å². The molecule has 1 N–H and O–H groups in total. The van der Waals surface area contributed by atoms with Crippen molar-refractivity contribution in [1.29, 1.82) is 0 Å². The molecule has 2 saturated heterocycles. The topological polar surface area (TPSA) is 90.2 Å². The van der Waals surface area contributed by atoms with Gasteiger partial charge in [0.1, 0.15) is 18.0 Å². The van der Waals surface area contributed by atoms with Gasteiger partial charge in [0, 0.05) is 13.1 Å². The summed E-state index contributed by atoms with van der Waals surface area (Å²) in [5.41, 5.74) is 2.31. The number of likely N-dealkylation sites (tertiary alicyclic amines) is 1. The molecule has 0 saturated carbocycles. The molecule has 2 aliphatic heterocycles. The normalized spacial score (nSPS) is 21.7. The van der Waals surface area contributed by atoms with Gasteiger partial charge < -0.3 is 28.8 Å². The highest BCUT2D eigenvalue weighted by Gasteiger charge is 2.39. The molecule has 2 fully saturated rings. The molecule has 0 radical (unpaired) electrons. The molecule has 0 unspecified atom stereocenters. The molecule has 2 amide bonds. The Bertz CT molecular complexity index is 881. The Hall–Kier alpha value is -2.84. The third kappa shape index (κ3) is 4.66. The molecular weight excluding hydrogens is 388 g/mol. The number of carbonyl (C=O) groups excluding carboxylic acids is 2. The van der Waals surface area contributed by atoms with Crippen LogP contribution in [0.5, 0.6) is 5.75 Å². The first-order valence-corrected chi connectivity index (χ1v) is 10.0. The number of fused-ring (bicyclic) bond motifs is 1. The summed E-state index contributed by atoms with van der Waals surface area (Å²) in [4.78, 5) is 26.4. The van der Waals surface area contributed by atoms with Crippen LogP contribution >= 0.6 is 0 Å². The summed E-state index contributed by atoms with van der Waals surface area (Å²) in [5.74, 6) is 0.531. The molecule has 2 aliphatic rings. The summed E-state index contributed by atoms with van der Waals surface area (Å²) in [7, 11) is 0. The van der Waals surface area contributed by atoms with Crippen molar-refractivity contribution in [1.82, 2.24) is 10.2 Å². The minimum absolute atomic E-state index is 0.0240. The van der Waals surface area contributed by atoms with Crippen LogP contribution in [0, 0.1) is 13.8 Å². The lowest BCUT2D eigenvalue weighted by Crippen LogP contribution is -2.41. The molecule has 1 aromatic heterocycles. The van der Waals surface area contributed by atoms with Crippen molar-refractivity contribution in [3.8, 4) is 5.75 Å². The highest BCUT2D eigenvalue weighted by molar-refractivity contribution is 5.91. The van der Waals surface area contributed by atoms with E-state index in [9.17, 15) is 9.59 Å². The van der Waals surface area contributed by atoms with Crippen LogP contribution in [0.4, 0.5) is 0 Å². The second kappa shape index (κ2) is 8.89. The third-order valence-electron chi connectivity index (χ3n) is 5.51. The molecule has 30 heavy (non-hydrogen) atoms. The van der Waals surface area contributed by atoms with Gasteiger partial charge in [-0.25, -0.2) is 0 Å². The van der Waals surface area contributed by atoms with Crippen LogP contribution in [0.3, 0.4) is 0 Å². The minimum atomic E-state index is -0.301. The average molecular weight is 414 g/mol. The number of rotatable bonds is 5. The fraction of sp³-hybridized carbons (Fsp3) is 0.455. The molecule has 160 valence electrons. The Morgan fingerprint density at radius 3 is 2.47 bits per heavy atom. The summed E-state index contributed by atoms with van der Waals surface area (Å²) in [5, 5.41) is 2.85. The van der Waals surface area contributed by atoms with Gasteiger partial charge in [0.2, 0.25) is 0 Å². The van der Waals surface area contributed by atoms with Crippen LogP contribution in [-0.4, -0.2) is 67.9 Å². The fourth-order valence-corrected chi connectivity index (χ4v) is 3.58. The van der Waals surface area contributed by atoms with Crippen molar-refractivity contribution in [2.24, 2.45) is 0 Å². The molecule has 8 nitrogen and oxygen atoms in total. The molecule has 0 aliphatic carbocycles. The first-order valence-electron chi connectivity index (χ1n) is 10.0. The van der Waals surface area contributed by atoms with Crippen molar-refractivity contribution in [3.05, 3.63) is 53.5 Å². The van der Waals surface area contributed by atoms with Crippen molar-refractivity contribution >= 4 is 11.8 Å². The Morgan fingerprint density at radius 1 is 1.10 bits per heavy atom. The first-order chi connectivity index (χ1) is 14.5. The van der Waals surface area contributed by atoms with Crippen molar-refractivity contribution < 1.29 is 28.2 Å². The zero-order valence-electron chi connectivity index (χ0n) is 17.1. The molecule has 2 atom stereocenters. The van der Waals surface area contributed by atoms with Crippen LogP contribution in [0.2, 0.25) is 0 Å². The molecule has 1 aromatic carbocycles. The SMILES string of the molecule is Cc1ccc(OCC(=O)N2C[C@@H]3OCC(NC(=O)c4ccco4)CO[C@H]3C2)cc1C. The first kappa shape index (κ1) is 20.4. The third-order valence-corrected chi connectivity index (χ3v) is 5.51. The van der Waals surface area contributed by atoms with Crippen molar-refractivity contribution in [3.63, 3.8) is 0 Å². The van der Waals surface area contributed by atoms with Crippen LogP contribution in [0.15, 0.2) is 41.0 Å². The minimum Gasteiger partial charge on any atom is -0.484 e. The molecule has 4 rings (SSSR count). The van der Waals surface area contributed by atoms with Gasteiger partial charge in [-0.2, -0.15) is 0 Å². The van der Waals surface area contributed by atoms with Gasteiger partial charge in [-0.05, 0) is 49.2 Å². The predicted octanol–water partition coefficient (Wildman–Crippen LogP) is 1.70. The largest absolute Gasteiger partial charge is 0.484 e. The molecule has 8 heteroatoms. The lowest BCUT2D eigenvalue weighted by Gasteiger charge is -2.19. The number of ether oxygens (including phenoxy) is 3. The van der Waals surface area contributed by atoms with Crippen molar-refractivity contribution in [2.45, 2.75) is 32.1 Å². The average Bonchev–Trinajstić information content (AvgIpc) is 3.38. The zero-order valence-corrected chi connectivity index (χ0v) is 17.1. The summed E-state index contributed by atoms with van der Waals surface area (Å²) in [6.07, 6.45) is 1.01. The van der Waals surface area contributed by atoms with Gasteiger partial charge >= 0.3 is 0 Å². The zero-order chi connectivity index (χ0) is 21.1. The van der Waals surface area contributed by atoms with Crippen LogP contribution in [0.25, 0.3) is 0 Å². The van der Waals surface area contributed by atoms with E-state index in [1.54, 1.807) is 17.0 Å². The van der Waals surface area contributed by atoms with Gasteiger partial charge in [0.15, 0.2) is 12.4 Å². The maximum absolute atomic E-state index is 12.6. The van der Waals surface area contributed by atoms with Gasteiger partial charge in [0.25, 0.3) is 11.8 Å². The molecular formula is C22H26N2O6. The molecule has 2 aromatic rings. The van der Waals surface area contributed by atoms with Gasteiger partial charge in [-0.1, -0.05) is 6.07 Å². The summed E-state index contributed by atoms with van der Waals surface area (Å²) in [6, 6.07) is 8.77. The van der Waals surface area contributed by atoms with E-state index in [2.05, 4.69) is 5.32 Å². The Labute approximate surface area is 175 Å². The number of amides is 2. The monoisotopic (exact) mass is 414 g/mol. The number of carbonyl (C=O) groups is 2. The number of hydrogen-bond donors (Lipinski definition) is 1. The second-order valence-corrected chi connectivity index (χ2v) is 7.72. The predicted molar refractivity (Wildman–Crippen MR) is 107 cm³/mol. The van der Waals surface area contributed by atoms with E-state index in [0.717, 1.165) is 5.56 Å². The molecule has 0 spiro atoms. The van der Waals surface area contributed by atoms with Crippen LogP contribution in [-0.2, 0) is 14.3 Å². The Morgan fingerprint density at radius 2 is 1.83 bits per heavy atom. The van der Waals surface area contributed by atoms with Crippen molar-refractivity contribution in [2.75, 3.05) is 32.9 Å². The smallest absolute Gasteiger partial charge is 0.287 e. The number of hydrogen-bond acceptors (Lipinski definition) is 6.